The molecule has 0 radical (unpaired) electrons. The summed E-state index contributed by atoms with van der Waals surface area (Å²) >= 11 is 0. The van der Waals surface area contributed by atoms with Crippen LogP contribution in [0.15, 0.2) is 48.8 Å². The summed E-state index contributed by atoms with van der Waals surface area (Å²) in [5.41, 5.74) is 1.07. The van der Waals surface area contributed by atoms with Gasteiger partial charge in [0.15, 0.2) is 35.4 Å². The van der Waals surface area contributed by atoms with Gasteiger partial charge in [0, 0.05) is 12.1 Å². The van der Waals surface area contributed by atoms with Gasteiger partial charge in [0.25, 0.3) is 0 Å². The average Bonchev–Trinajstić information content (AvgIpc) is 2.69. The SMILES string of the molecule is COc1cc2cc3c4cc(OC)c(OC)cc4cc[n+]3cc2cc1OC.[Cl-]. The molecule has 0 aliphatic heterocycles. The predicted octanol–water partition coefficient (Wildman–Crippen LogP) is 0.770. The summed E-state index contributed by atoms with van der Waals surface area (Å²) in [5.74, 6) is 2.85. The van der Waals surface area contributed by atoms with Crippen molar-refractivity contribution in [2.75, 3.05) is 28.4 Å². The van der Waals surface area contributed by atoms with Crippen LogP contribution in [0.3, 0.4) is 0 Å². The fraction of sp³-hybridized carbons (Fsp3) is 0.190. The molecule has 140 valence electrons. The van der Waals surface area contributed by atoms with Crippen LogP contribution in [0.25, 0.3) is 27.1 Å². The number of rotatable bonds is 4. The first-order chi connectivity index (χ1) is 12.7. The minimum absolute atomic E-state index is 0. The van der Waals surface area contributed by atoms with E-state index < -0.39 is 0 Å². The lowest BCUT2D eigenvalue weighted by molar-refractivity contribution is -0.509. The second-order valence-electron chi connectivity index (χ2n) is 6.01. The second kappa shape index (κ2) is 7.37. The quantitative estimate of drug-likeness (QED) is 0.295. The molecule has 2 heterocycles. The van der Waals surface area contributed by atoms with E-state index in [1.54, 1.807) is 28.4 Å². The van der Waals surface area contributed by atoms with Gasteiger partial charge in [-0.05, 0) is 35.0 Å². The van der Waals surface area contributed by atoms with Crippen molar-refractivity contribution < 1.29 is 35.8 Å². The maximum atomic E-state index is 5.48. The van der Waals surface area contributed by atoms with Crippen molar-refractivity contribution in [3.8, 4) is 23.0 Å². The number of benzene rings is 2. The minimum atomic E-state index is 0. The Kier molecular flexibility index (Phi) is 5.15. The van der Waals surface area contributed by atoms with Gasteiger partial charge in [0.1, 0.15) is 0 Å². The van der Waals surface area contributed by atoms with Crippen LogP contribution < -0.4 is 35.8 Å². The first-order valence-corrected chi connectivity index (χ1v) is 8.24. The molecule has 0 amide bonds. The Bertz CT molecular complexity index is 1130. The highest BCUT2D eigenvalue weighted by atomic mass is 35.5. The highest BCUT2D eigenvalue weighted by Gasteiger charge is 2.15. The van der Waals surface area contributed by atoms with Crippen LogP contribution in [0.1, 0.15) is 0 Å². The molecule has 0 unspecified atom stereocenters. The van der Waals surface area contributed by atoms with Gasteiger partial charge >= 0.3 is 0 Å². The van der Waals surface area contributed by atoms with E-state index in [1.165, 1.54) is 0 Å². The molecule has 0 aliphatic carbocycles. The second-order valence-corrected chi connectivity index (χ2v) is 6.01. The van der Waals surface area contributed by atoms with Gasteiger partial charge < -0.3 is 31.4 Å². The van der Waals surface area contributed by atoms with Crippen molar-refractivity contribution >= 4 is 27.1 Å². The molecule has 0 saturated heterocycles. The fourth-order valence-electron chi connectivity index (χ4n) is 3.34. The topological polar surface area (TPSA) is 41.0 Å². The number of methoxy groups -OCH3 is 4. The number of nitrogens with zero attached hydrogens (tertiary/aromatic N) is 1. The summed E-state index contributed by atoms with van der Waals surface area (Å²) in [4.78, 5) is 0. The zero-order chi connectivity index (χ0) is 18.3. The van der Waals surface area contributed by atoms with E-state index in [2.05, 4.69) is 22.7 Å². The van der Waals surface area contributed by atoms with Gasteiger partial charge in [-0.1, -0.05) is 0 Å². The molecule has 0 atom stereocenters. The molecule has 2 aromatic carbocycles. The molecular formula is C21H20ClNO4. The van der Waals surface area contributed by atoms with E-state index in [1.807, 2.05) is 30.5 Å². The Hall–Kier alpha value is -2.92. The lowest BCUT2D eigenvalue weighted by Crippen LogP contribution is -3.00. The molecule has 0 bridgehead atoms. The molecular weight excluding hydrogens is 366 g/mol. The number of ether oxygens (including phenoxy) is 4. The summed E-state index contributed by atoms with van der Waals surface area (Å²) in [6.07, 6.45) is 4.13. The molecule has 0 spiro atoms. The fourth-order valence-corrected chi connectivity index (χ4v) is 3.34. The third-order valence-electron chi connectivity index (χ3n) is 4.68. The van der Waals surface area contributed by atoms with Crippen molar-refractivity contribution in [3.05, 3.63) is 48.8 Å². The Morgan fingerprint density at radius 3 is 1.74 bits per heavy atom. The number of hydrogen-bond acceptors (Lipinski definition) is 4. The average molecular weight is 386 g/mol. The molecule has 0 saturated carbocycles. The van der Waals surface area contributed by atoms with Gasteiger partial charge in [-0.25, -0.2) is 0 Å². The number of fused-ring (bicyclic) bond motifs is 4. The Labute approximate surface area is 163 Å². The van der Waals surface area contributed by atoms with E-state index in [4.69, 9.17) is 18.9 Å². The van der Waals surface area contributed by atoms with Gasteiger partial charge in [-0.15, -0.1) is 0 Å². The summed E-state index contributed by atoms with van der Waals surface area (Å²) in [6.45, 7) is 0. The third-order valence-corrected chi connectivity index (χ3v) is 4.68. The molecule has 0 fully saturated rings. The monoisotopic (exact) mass is 385 g/mol. The van der Waals surface area contributed by atoms with E-state index in [-0.39, 0.29) is 12.4 Å². The van der Waals surface area contributed by atoms with E-state index >= 15 is 0 Å². The van der Waals surface area contributed by atoms with Crippen molar-refractivity contribution in [1.82, 2.24) is 0 Å². The normalized spacial score (nSPS) is 10.7. The molecule has 5 nitrogen and oxygen atoms in total. The van der Waals surface area contributed by atoms with Gasteiger partial charge in [-0.2, -0.15) is 4.40 Å². The van der Waals surface area contributed by atoms with E-state index in [0.29, 0.717) is 17.2 Å². The van der Waals surface area contributed by atoms with E-state index in [0.717, 1.165) is 32.8 Å². The van der Waals surface area contributed by atoms with Crippen LogP contribution >= 0.6 is 0 Å². The van der Waals surface area contributed by atoms with Crippen LogP contribution in [0, 0.1) is 0 Å². The zero-order valence-corrected chi connectivity index (χ0v) is 16.3. The predicted molar refractivity (Wildman–Crippen MR) is 101 cm³/mol. The van der Waals surface area contributed by atoms with Gasteiger partial charge in [0.05, 0.1) is 39.2 Å². The van der Waals surface area contributed by atoms with Crippen molar-refractivity contribution in [1.29, 1.82) is 0 Å². The first-order valence-electron chi connectivity index (χ1n) is 8.24. The highest BCUT2D eigenvalue weighted by molar-refractivity contribution is 5.99. The van der Waals surface area contributed by atoms with Gasteiger partial charge in [-0.3, -0.25) is 0 Å². The largest absolute Gasteiger partial charge is 1.00 e. The summed E-state index contributed by atoms with van der Waals surface area (Å²) in [5, 5.41) is 4.31. The van der Waals surface area contributed by atoms with Crippen molar-refractivity contribution in [2.24, 2.45) is 0 Å². The lowest BCUT2D eigenvalue weighted by Gasteiger charge is -2.10. The molecule has 0 aliphatic rings. The highest BCUT2D eigenvalue weighted by Crippen LogP contribution is 2.35. The van der Waals surface area contributed by atoms with Crippen molar-refractivity contribution in [3.63, 3.8) is 0 Å². The minimum Gasteiger partial charge on any atom is -1.00 e. The van der Waals surface area contributed by atoms with Crippen molar-refractivity contribution in [2.45, 2.75) is 0 Å². The zero-order valence-electron chi connectivity index (χ0n) is 15.6. The van der Waals surface area contributed by atoms with Crippen LogP contribution in [-0.2, 0) is 0 Å². The molecule has 2 aromatic heterocycles. The van der Waals surface area contributed by atoms with Crippen LogP contribution in [0.5, 0.6) is 23.0 Å². The number of hydrogen-bond donors (Lipinski definition) is 0. The third kappa shape index (κ3) is 3.04. The maximum absolute atomic E-state index is 5.48. The van der Waals surface area contributed by atoms with E-state index in [9.17, 15) is 0 Å². The Balaban J connectivity index is 0.00000210. The van der Waals surface area contributed by atoms with Gasteiger partial charge in [0.2, 0.25) is 5.52 Å². The molecule has 0 N–H and O–H groups in total. The molecule has 4 aromatic rings. The number of pyridine rings is 2. The Morgan fingerprint density at radius 1 is 0.630 bits per heavy atom. The standard InChI is InChI=1S/C21H20NO4.ClH/c1-23-18-8-13-5-6-22-12-15-10-20(25-3)19(24-2)9-14(15)7-17(22)16(13)11-21(18)26-4;/h5-12H,1-4H3;1H/q+1;/p-1. The van der Waals surface area contributed by atoms with Crippen LogP contribution in [0.2, 0.25) is 0 Å². The lowest BCUT2D eigenvalue weighted by atomic mass is 10.1. The molecule has 6 heteroatoms. The first kappa shape index (κ1) is 18.9. The Morgan fingerprint density at radius 2 is 1.15 bits per heavy atom. The molecule has 27 heavy (non-hydrogen) atoms. The summed E-state index contributed by atoms with van der Waals surface area (Å²) in [6, 6.07) is 12.2. The van der Waals surface area contributed by atoms with Crippen LogP contribution in [0.4, 0.5) is 0 Å². The smallest absolute Gasteiger partial charge is 0.219 e. The number of halogens is 1. The summed E-state index contributed by atoms with van der Waals surface area (Å²) < 4.78 is 23.9. The maximum Gasteiger partial charge on any atom is 0.219 e. The van der Waals surface area contributed by atoms with Crippen LogP contribution in [-0.4, -0.2) is 28.4 Å². The number of aromatic nitrogens is 1. The summed E-state index contributed by atoms with van der Waals surface area (Å²) in [7, 11) is 6.58. The molecule has 4 rings (SSSR count).